The fourth-order valence-electron chi connectivity index (χ4n) is 4.83. The first kappa shape index (κ1) is 29.7. The molecule has 41 heavy (non-hydrogen) atoms. The zero-order chi connectivity index (χ0) is 29.0. The molecule has 2 aliphatic heterocycles. The van der Waals surface area contributed by atoms with Crippen LogP contribution in [0.1, 0.15) is 40.5 Å². The van der Waals surface area contributed by atoms with Gasteiger partial charge in [0.1, 0.15) is 0 Å². The number of carboxylic acids is 1. The molecule has 212 valence electrons. The van der Waals surface area contributed by atoms with E-state index in [2.05, 4.69) is 24.4 Å². The predicted molar refractivity (Wildman–Crippen MR) is 166 cm³/mol. The lowest BCUT2D eigenvalue weighted by molar-refractivity contribution is 0.0696. The van der Waals surface area contributed by atoms with Crippen LogP contribution in [0.3, 0.4) is 0 Å². The number of carbonyl (C=O) groups excluding carboxylic acids is 1. The monoisotopic (exact) mass is 549 g/mol. The van der Waals surface area contributed by atoms with E-state index < -0.39 is 5.97 Å². The summed E-state index contributed by atoms with van der Waals surface area (Å²) in [6, 6.07) is 34.8. The highest BCUT2D eigenvalue weighted by Crippen LogP contribution is 2.21. The van der Waals surface area contributed by atoms with Crippen LogP contribution in [0.25, 0.3) is 22.3 Å². The summed E-state index contributed by atoms with van der Waals surface area (Å²) in [6.07, 6.45) is 2.27. The second kappa shape index (κ2) is 14.9. The van der Waals surface area contributed by atoms with Gasteiger partial charge in [0.2, 0.25) is 0 Å². The van der Waals surface area contributed by atoms with Crippen molar-refractivity contribution in [1.82, 2.24) is 10.2 Å². The highest BCUT2D eigenvalue weighted by molar-refractivity contribution is 5.95. The Morgan fingerprint density at radius 3 is 1.59 bits per heavy atom. The fraction of sp³-hybridized carbons (Fsp3) is 0.257. The van der Waals surface area contributed by atoms with Gasteiger partial charge in [-0.3, -0.25) is 4.79 Å². The van der Waals surface area contributed by atoms with Crippen LogP contribution in [-0.2, 0) is 0 Å². The van der Waals surface area contributed by atoms with Crippen LogP contribution in [0.5, 0.6) is 0 Å². The molecular weight excluding hydrogens is 510 g/mol. The normalized spacial score (nSPS) is 17.6. The van der Waals surface area contributed by atoms with Gasteiger partial charge in [0, 0.05) is 24.7 Å². The summed E-state index contributed by atoms with van der Waals surface area (Å²) in [4.78, 5) is 24.8. The lowest BCUT2D eigenvalue weighted by atomic mass is 10.0. The number of carbonyl (C=O) groups is 2. The van der Waals surface area contributed by atoms with Crippen molar-refractivity contribution in [2.45, 2.75) is 25.8 Å². The third-order valence-corrected chi connectivity index (χ3v) is 7.30. The summed E-state index contributed by atoms with van der Waals surface area (Å²) in [7, 11) is 0. The van der Waals surface area contributed by atoms with Crippen LogP contribution < -0.4 is 11.1 Å². The number of nitrogens with two attached hydrogens (primary N) is 1. The average molecular weight is 550 g/mol. The highest BCUT2D eigenvalue weighted by atomic mass is 16.4. The fourth-order valence-corrected chi connectivity index (χ4v) is 4.83. The molecule has 4 aromatic rings. The number of amides is 1. The molecule has 4 aromatic carbocycles. The number of carboxylic acid groups (broad SMARTS) is 1. The number of aromatic carboxylic acids is 1. The molecule has 6 heteroatoms. The molecule has 0 spiro atoms. The van der Waals surface area contributed by atoms with Crippen molar-refractivity contribution in [2.75, 3.05) is 26.2 Å². The van der Waals surface area contributed by atoms with Crippen molar-refractivity contribution in [3.8, 4) is 22.3 Å². The van der Waals surface area contributed by atoms with E-state index in [4.69, 9.17) is 10.8 Å². The van der Waals surface area contributed by atoms with E-state index in [0.717, 1.165) is 46.7 Å². The zero-order valence-electron chi connectivity index (χ0n) is 23.6. The summed E-state index contributed by atoms with van der Waals surface area (Å²) in [5, 5.41) is 12.0. The second-order valence-electron chi connectivity index (χ2n) is 10.6. The van der Waals surface area contributed by atoms with Crippen molar-refractivity contribution < 1.29 is 14.7 Å². The van der Waals surface area contributed by atoms with E-state index >= 15 is 0 Å². The second-order valence-corrected chi connectivity index (χ2v) is 10.6. The highest BCUT2D eigenvalue weighted by Gasteiger charge is 2.24. The maximum absolute atomic E-state index is 12.3. The van der Waals surface area contributed by atoms with E-state index in [-0.39, 0.29) is 11.9 Å². The first-order valence-corrected chi connectivity index (χ1v) is 14.2. The Morgan fingerprint density at radius 1 is 0.732 bits per heavy atom. The Labute approximate surface area is 242 Å². The number of rotatable bonds is 4. The molecule has 6 nitrogen and oxygen atoms in total. The minimum atomic E-state index is -0.894. The molecule has 2 aliphatic rings. The Kier molecular flexibility index (Phi) is 10.8. The maximum Gasteiger partial charge on any atom is 0.335 e. The largest absolute Gasteiger partial charge is 0.478 e. The lowest BCUT2D eigenvalue weighted by Crippen LogP contribution is -2.31. The Hall–Kier alpha value is -4.26. The Morgan fingerprint density at radius 2 is 1.22 bits per heavy atom. The van der Waals surface area contributed by atoms with Gasteiger partial charge in [-0.05, 0) is 78.4 Å². The lowest BCUT2D eigenvalue weighted by Gasteiger charge is -2.15. The van der Waals surface area contributed by atoms with Gasteiger partial charge in [-0.1, -0.05) is 91.9 Å². The third kappa shape index (κ3) is 8.87. The van der Waals surface area contributed by atoms with E-state index in [9.17, 15) is 9.59 Å². The van der Waals surface area contributed by atoms with Gasteiger partial charge >= 0.3 is 5.97 Å². The number of nitrogens with zero attached hydrogens (tertiary/aromatic N) is 1. The molecule has 2 saturated heterocycles. The minimum Gasteiger partial charge on any atom is -0.478 e. The quantitative estimate of drug-likeness (QED) is 0.282. The summed E-state index contributed by atoms with van der Waals surface area (Å²) < 4.78 is 0. The molecule has 6 rings (SSSR count). The van der Waals surface area contributed by atoms with Crippen LogP contribution in [0, 0.1) is 5.92 Å². The van der Waals surface area contributed by atoms with Crippen LogP contribution >= 0.6 is 0 Å². The summed E-state index contributed by atoms with van der Waals surface area (Å²) >= 11 is 0. The molecule has 4 N–H and O–H groups in total. The Balaban J connectivity index is 0.000000161. The van der Waals surface area contributed by atoms with Crippen molar-refractivity contribution in [3.63, 3.8) is 0 Å². The van der Waals surface area contributed by atoms with Crippen LogP contribution in [0.2, 0.25) is 0 Å². The van der Waals surface area contributed by atoms with Crippen LogP contribution in [0.4, 0.5) is 0 Å². The number of benzene rings is 4. The predicted octanol–water partition coefficient (Wildman–Crippen LogP) is 6.19. The van der Waals surface area contributed by atoms with Gasteiger partial charge in [0.15, 0.2) is 0 Å². The average Bonchev–Trinajstić information content (AvgIpc) is 3.69. The molecule has 0 saturated carbocycles. The topological polar surface area (TPSA) is 95.7 Å². The standard InChI is InChI=1S/C17H18N2O.C13H10O2.C5H11N/c18-16-10-11-19(12-16)17(20)15-8-6-14(7-9-15)13-4-2-1-3-5-13;14-13(15)12-8-6-11(7-9-12)10-4-2-1-3-5-10;1-5-2-3-6-4-5/h1-9,16H,10-12,18H2;1-9H,(H,14,15);5-6H,2-4H2,1H3/t16-;;5-/m1.1/s1. The number of nitrogens with one attached hydrogen (secondary N) is 1. The van der Waals surface area contributed by atoms with Gasteiger partial charge in [-0.15, -0.1) is 0 Å². The van der Waals surface area contributed by atoms with Crippen molar-refractivity contribution in [1.29, 1.82) is 0 Å². The van der Waals surface area contributed by atoms with Crippen LogP contribution in [0.15, 0.2) is 109 Å². The van der Waals surface area contributed by atoms with Gasteiger partial charge < -0.3 is 21.1 Å². The molecule has 0 unspecified atom stereocenters. The first-order chi connectivity index (χ1) is 19.9. The minimum absolute atomic E-state index is 0.0811. The molecule has 0 radical (unpaired) electrons. The van der Waals surface area contributed by atoms with E-state index in [1.54, 1.807) is 12.1 Å². The molecule has 0 bridgehead atoms. The van der Waals surface area contributed by atoms with Gasteiger partial charge in [-0.25, -0.2) is 4.79 Å². The molecule has 2 atom stereocenters. The third-order valence-electron chi connectivity index (χ3n) is 7.30. The van der Waals surface area contributed by atoms with Crippen molar-refractivity contribution in [3.05, 3.63) is 120 Å². The first-order valence-electron chi connectivity index (χ1n) is 14.2. The number of hydrogen-bond acceptors (Lipinski definition) is 4. The summed E-state index contributed by atoms with van der Waals surface area (Å²) in [5.74, 6) is 0.122. The summed E-state index contributed by atoms with van der Waals surface area (Å²) in [5.41, 5.74) is 11.3. The molecular formula is C35H39N3O3. The van der Waals surface area contributed by atoms with Gasteiger partial charge in [0.25, 0.3) is 5.91 Å². The van der Waals surface area contributed by atoms with E-state index in [1.807, 2.05) is 89.8 Å². The Bertz CT molecular complexity index is 1370. The number of likely N-dealkylation sites (tertiary alicyclic amines) is 1. The molecule has 2 heterocycles. The van der Waals surface area contributed by atoms with Crippen LogP contribution in [-0.4, -0.2) is 54.1 Å². The number of hydrogen-bond donors (Lipinski definition) is 3. The van der Waals surface area contributed by atoms with Gasteiger partial charge in [0.05, 0.1) is 5.56 Å². The summed E-state index contributed by atoms with van der Waals surface area (Å²) in [6.45, 7) is 6.18. The van der Waals surface area contributed by atoms with E-state index in [1.165, 1.54) is 19.5 Å². The van der Waals surface area contributed by atoms with E-state index in [0.29, 0.717) is 12.1 Å². The zero-order valence-corrected chi connectivity index (χ0v) is 23.6. The molecule has 0 aromatic heterocycles. The smallest absolute Gasteiger partial charge is 0.335 e. The van der Waals surface area contributed by atoms with Crippen molar-refractivity contribution >= 4 is 11.9 Å². The molecule has 1 amide bonds. The molecule has 2 fully saturated rings. The SMILES string of the molecule is C[C@@H]1CCNC1.N[C@@H]1CCN(C(=O)c2ccc(-c3ccccc3)cc2)C1.O=C(O)c1ccc(-c2ccccc2)cc1. The van der Waals surface area contributed by atoms with Crippen molar-refractivity contribution in [2.24, 2.45) is 11.7 Å². The molecule has 0 aliphatic carbocycles. The van der Waals surface area contributed by atoms with Gasteiger partial charge in [-0.2, -0.15) is 0 Å². The maximum atomic E-state index is 12.3.